The molecular weight excluding hydrogens is 204 g/mol. The lowest BCUT2D eigenvalue weighted by molar-refractivity contribution is -0.137. The number of carboxylic acids is 1. The topological polar surface area (TPSA) is 57.5 Å². The van der Waals surface area contributed by atoms with Gasteiger partial charge in [0.2, 0.25) is 0 Å². The highest BCUT2D eigenvalue weighted by Gasteiger charge is 2.40. The zero-order valence-corrected chi connectivity index (χ0v) is 9.26. The average Bonchev–Trinajstić information content (AvgIpc) is 2.91. The Hall–Kier alpha value is -1.51. The molecule has 2 rings (SSSR count). The van der Waals surface area contributed by atoms with E-state index in [1.54, 1.807) is 18.2 Å². The van der Waals surface area contributed by atoms with Crippen LogP contribution in [0.5, 0.6) is 5.75 Å². The molecule has 86 valence electrons. The molecule has 16 heavy (non-hydrogen) atoms. The van der Waals surface area contributed by atoms with Gasteiger partial charge in [0, 0.05) is 0 Å². The number of benzene rings is 1. The Balaban J connectivity index is 2.21. The van der Waals surface area contributed by atoms with Gasteiger partial charge in [-0.15, -0.1) is 0 Å². The first-order valence-electron chi connectivity index (χ1n) is 5.58. The Morgan fingerprint density at radius 3 is 2.75 bits per heavy atom. The van der Waals surface area contributed by atoms with Crippen LogP contribution in [-0.4, -0.2) is 16.2 Å². The molecule has 0 saturated heterocycles. The third kappa shape index (κ3) is 2.35. The van der Waals surface area contributed by atoms with Crippen molar-refractivity contribution in [2.75, 3.05) is 0 Å². The zero-order chi connectivity index (χ0) is 11.7. The largest absolute Gasteiger partial charge is 0.508 e. The van der Waals surface area contributed by atoms with Crippen LogP contribution in [0.3, 0.4) is 0 Å². The van der Waals surface area contributed by atoms with Crippen LogP contribution in [0.15, 0.2) is 24.3 Å². The predicted molar refractivity (Wildman–Crippen MR) is 60.4 cm³/mol. The summed E-state index contributed by atoms with van der Waals surface area (Å²) in [6, 6.07) is 6.96. The second-order valence-electron chi connectivity index (χ2n) is 4.68. The van der Waals surface area contributed by atoms with Crippen molar-refractivity contribution in [3.63, 3.8) is 0 Å². The summed E-state index contributed by atoms with van der Waals surface area (Å²) in [7, 11) is 0. The smallest absolute Gasteiger partial charge is 0.303 e. The first kappa shape index (κ1) is 11.0. The number of hydrogen-bond donors (Lipinski definition) is 2. The summed E-state index contributed by atoms with van der Waals surface area (Å²) in [6.45, 7) is 2.14. The van der Waals surface area contributed by atoms with Crippen molar-refractivity contribution in [2.24, 2.45) is 11.8 Å². The van der Waals surface area contributed by atoms with E-state index >= 15 is 0 Å². The highest BCUT2D eigenvalue weighted by molar-refractivity contribution is 5.68. The summed E-state index contributed by atoms with van der Waals surface area (Å²) in [6.07, 6.45) is 1.24. The lowest BCUT2D eigenvalue weighted by Gasteiger charge is -2.15. The van der Waals surface area contributed by atoms with Crippen molar-refractivity contribution >= 4 is 5.97 Å². The van der Waals surface area contributed by atoms with Crippen LogP contribution in [0.4, 0.5) is 0 Å². The average molecular weight is 220 g/mol. The summed E-state index contributed by atoms with van der Waals surface area (Å²) < 4.78 is 0. The molecule has 1 aliphatic rings. The predicted octanol–water partition coefficient (Wildman–Crippen LogP) is 2.61. The van der Waals surface area contributed by atoms with Gasteiger partial charge in [0.1, 0.15) is 5.75 Å². The molecule has 0 amide bonds. The summed E-state index contributed by atoms with van der Waals surface area (Å²) in [5, 5.41) is 18.3. The summed E-state index contributed by atoms with van der Waals surface area (Å²) in [5.74, 6) is 0.540. The van der Waals surface area contributed by atoms with E-state index in [1.807, 2.05) is 6.07 Å². The summed E-state index contributed by atoms with van der Waals surface area (Å²) >= 11 is 0. The van der Waals surface area contributed by atoms with Gasteiger partial charge >= 0.3 is 5.97 Å². The van der Waals surface area contributed by atoms with E-state index in [0.717, 1.165) is 12.0 Å². The molecular formula is C13H16O3. The van der Waals surface area contributed by atoms with Crippen LogP contribution in [0, 0.1) is 11.8 Å². The third-order valence-corrected chi connectivity index (χ3v) is 3.38. The highest BCUT2D eigenvalue weighted by Crippen LogP contribution is 2.49. The molecule has 3 heteroatoms. The number of aliphatic carboxylic acids is 1. The van der Waals surface area contributed by atoms with Crippen molar-refractivity contribution < 1.29 is 15.0 Å². The molecule has 0 aliphatic heterocycles. The second-order valence-corrected chi connectivity index (χ2v) is 4.68. The van der Waals surface area contributed by atoms with E-state index in [-0.39, 0.29) is 18.1 Å². The van der Waals surface area contributed by atoms with Crippen LogP contribution >= 0.6 is 0 Å². The minimum Gasteiger partial charge on any atom is -0.508 e. The summed E-state index contributed by atoms with van der Waals surface area (Å²) in [5.41, 5.74) is 0.941. The molecule has 0 heterocycles. The molecule has 0 radical (unpaired) electrons. The Labute approximate surface area is 94.7 Å². The maximum Gasteiger partial charge on any atom is 0.303 e. The van der Waals surface area contributed by atoms with Gasteiger partial charge < -0.3 is 10.2 Å². The van der Waals surface area contributed by atoms with Gasteiger partial charge in [-0.2, -0.15) is 0 Å². The molecule has 3 atom stereocenters. The summed E-state index contributed by atoms with van der Waals surface area (Å²) in [4.78, 5) is 10.8. The van der Waals surface area contributed by atoms with Crippen molar-refractivity contribution in [1.82, 2.24) is 0 Å². The molecule has 1 unspecified atom stereocenters. The minimum atomic E-state index is -0.771. The van der Waals surface area contributed by atoms with Crippen LogP contribution in [-0.2, 0) is 4.79 Å². The number of carbonyl (C=O) groups is 1. The van der Waals surface area contributed by atoms with E-state index in [1.165, 1.54) is 0 Å². The van der Waals surface area contributed by atoms with Crippen molar-refractivity contribution in [1.29, 1.82) is 0 Å². The molecule has 1 aromatic rings. The number of carboxylic acid groups (broad SMARTS) is 1. The lowest BCUT2D eigenvalue weighted by atomic mass is 9.90. The monoisotopic (exact) mass is 220 g/mol. The maximum absolute atomic E-state index is 10.8. The van der Waals surface area contributed by atoms with E-state index in [2.05, 4.69) is 6.92 Å². The molecule has 0 aromatic heterocycles. The molecule has 1 fully saturated rings. The zero-order valence-electron chi connectivity index (χ0n) is 9.26. The van der Waals surface area contributed by atoms with Crippen LogP contribution in [0.1, 0.15) is 31.2 Å². The number of aromatic hydroxyl groups is 1. The van der Waals surface area contributed by atoms with E-state index < -0.39 is 5.97 Å². The Kier molecular flexibility index (Phi) is 2.86. The van der Waals surface area contributed by atoms with Gasteiger partial charge in [-0.25, -0.2) is 0 Å². The van der Waals surface area contributed by atoms with Gasteiger partial charge in [-0.3, -0.25) is 4.79 Å². The first-order valence-corrected chi connectivity index (χ1v) is 5.58. The van der Waals surface area contributed by atoms with E-state index in [9.17, 15) is 9.90 Å². The normalized spacial score (nSPS) is 25.1. The Bertz CT molecular complexity index is 400. The van der Waals surface area contributed by atoms with Gasteiger partial charge in [0.25, 0.3) is 0 Å². The number of phenolic OH excluding ortho intramolecular Hbond substituents is 1. The minimum absolute atomic E-state index is 0.0413. The van der Waals surface area contributed by atoms with Crippen LogP contribution in [0.2, 0.25) is 0 Å². The van der Waals surface area contributed by atoms with Gasteiger partial charge in [-0.1, -0.05) is 19.1 Å². The van der Waals surface area contributed by atoms with E-state index in [4.69, 9.17) is 5.11 Å². The fourth-order valence-corrected chi connectivity index (χ4v) is 2.37. The van der Waals surface area contributed by atoms with Crippen molar-refractivity contribution in [3.8, 4) is 5.75 Å². The Morgan fingerprint density at radius 2 is 2.25 bits per heavy atom. The molecule has 1 aromatic carbocycles. The first-order chi connectivity index (χ1) is 7.58. The Morgan fingerprint density at radius 1 is 1.56 bits per heavy atom. The molecule has 3 nitrogen and oxygen atoms in total. The molecule has 1 aliphatic carbocycles. The molecule has 2 N–H and O–H groups in total. The standard InChI is InChI=1S/C13H16O3/c1-8-5-11(8)12(7-13(15)16)9-3-2-4-10(14)6-9/h2-4,6,8,11-12,14H,5,7H2,1H3,(H,15,16)/t8-,11-,12?/m1/s1. The van der Waals surface area contributed by atoms with Crippen molar-refractivity contribution in [2.45, 2.75) is 25.7 Å². The SMILES string of the molecule is C[C@@H]1C[C@H]1C(CC(=O)O)c1cccc(O)c1. The molecule has 1 saturated carbocycles. The fourth-order valence-electron chi connectivity index (χ4n) is 2.37. The number of hydrogen-bond acceptors (Lipinski definition) is 2. The van der Waals surface area contributed by atoms with Crippen LogP contribution in [0.25, 0.3) is 0 Å². The fraction of sp³-hybridized carbons (Fsp3) is 0.462. The van der Waals surface area contributed by atoms with E-state index in [0.29, 0.717) is 11.8 Å². The molecule has 0 spiro atoms. The van der Waals surface area contributed by atoms with Gasteiger partial charge in [0.15, 0.2) is 0 Å². The quantitative estimate of drug-likeness (QED) is 0.820. The van der Waals surface area contributed by atoms with Gasteiger partial charge in [0.05, 0.1) is 6.42 Å². The second kappa shape index (κ2) is 4.16. The van der Waals surface area contributed by atoms with Crippen molar-refractivity contribution in [3.05, 3.63) is 29.8 Å². The van der Waals surface area contributed by atoms with Gasteiger partial charge in [-0.05, 0) is 41.9 Å². The third-order valence-electron chi connectivity index (χ3n) is 3.38. The number of phenols is 1. The van der Waals surface area contributed by atoms with Crippen LogP contribution < -0.4 is 0 Å². The number of rotatable bonds is 4. The maximum atomic E-state index is 10.8. The highest BCUT2D eigenvalue weighted by atomic mass is 16.4. The lowest BCUT2D eigenvalue weighted by Crippen LogP contribution is -2.09. The molecule has 0 bridgehead atoms.